The van der Waals surface area contributed by atoms with Gasteiger partial charge in [-0.3, -0.25) is 9.59 Å². The lowest BCUT2D eigenvalue weighted by Gasteiger charge is -2.22. The highest BCUT2D eigenvalue weighted by molar-refractivity contribution is 5.87. The van der Waals surface area contributed by atoms with E-state index in [0.29, 0.717) is 6.54 Å². The summed E-state index contributed by atoms with van der Waals surface area (Å²) in [6.45, 7) is 2.30. The molecule has 0 aliphatic heterocycles. The second-order valence-corrected chi connectivity index (χ2v) is 4.02. The van der Waals surface area contributed by atoms with E-state index >= 15 is 0 Å². The van der Waals surface area contributed by atoms with Crippen LogP contribution in [-0.4, -0.2) is 49.8 Å². The highest BCUT2D eigenvalue weighted by Crippen LogP contribution is 2.03. The maximum Gasteiger partial charge on any atom is 0.239 e. The van der Waals surface area contributed by atoms with Crippen molar-refractivity contribution in [2.75, 3.05) is 27.2 Å². The predicted molar refractivity (Wildman–Crippen MR) is 64.1 cm³/mol. The zero-order valence-corrected chi connectivity index (χ0v) is 10.5. The predicted octanol–water partition coefficient (Wildman–Crippen LogP) is -0.249. The monoisotopic (exact) mass is 229 g/mol. The fourth-order valence-electron chi connectivity index (χ4n) is 1.56. The van der Waals surface area contributed by atoms with Gasteiger partial charge in [0.1, 0.15) is 5.78 Å². The molecule has 0 unspecified atom stereocenters. The molecule has 5 nitrogen and oxygen atoms in total. The molecule has 0 aromatic heterocycles. The van der Waals surface area contributed by atoms with Crippen LogP contribution in [0.15, 0.2) is 0 Å². The number of rotatable bonds is 8. The Morgan fingerprint density at radius 3 is 2.44 bits per heavy atom. The Morgan fingerprint density at radius 2 is 2.00 bits per heavy atom. The summed E-state index contributed by atoms with van der Waals surface area (Å²) in [7, 11) is 3.41. The van der Waals surface area contributed by atoms with Crippen LogP contribution >= 0.6 is 0 Å². The highest BCUT2D eigenvalue weighted by atomic mass is 16.2. The van der Waals surface area contributed by atoms with E-state index < -0.39 is 0 Å². The van der Waals surface area contributed by atoms with Crippen molar-refractivity contribution < 1.29 is 9.59 Å². The number of likely N-dealkylation sites (N-methyl/N-ethyl adjacent to an activating group) is 2. The topological polar surface area (TPSA) is 75.4 Å². The molecular formula is C11H23N3O2. The van der Waals surface area contributed by atoms with Crippen molar-refractivity contribution in [1.29, 1.82) is 0 Å². The van der Waals surface area contributed by atoms with Gasteiger partial charge in [-0.05, 0) is 33.4 Å². The number of Topliss-reactive ketones (excluding diaryl/α,β-unsaturated/α-hetero) is 1. The van der Waals surface area contributed by atoms with Gasteiger partial charge >= 0.3 is 0 Å². The summed E-state index contributed by atoms with van der Waals surface area (Å²) in [5.41, 5.74) is 5.40. The molecule has 0 heterocycles. The molecule has 0 aromatic carbocycles. The molecule has 0 saturated heterocycles. The van der Waals surface area contributed by atoms with Gasteiger partial charge in [0.2, 0.25) is 5.91 Å². The highest BCUT2D eigenvalue weighted by Gasteiger charge is 2.20. The van der Waals surface area contributed by atoms with Crippen LogP contribution < -0.4 is 11.1 Å². The Morgan fingerprint density at radius 1 is 1.38 bits per heavy atom. The van der Waals surface area contributed by atoms with E-state index in [-0.39, 0.29) is 24.3 Å². The molecule has 0 aliphatic carbocycles. The van der Waals surface area contributed by atoms with Gasteiger partial charge in [-0.1, -0.05) is 6.42 Å². The largest absolute Gasteiger partial charge is 0.337 e. The Labute approximate surface area is 97.4 Å². The summed E-state index contributed by atoms with van der Waals surface area (Å²) in [5.74, 6) is -0.0395. The van der Waals surface area contributed by atoms with Crippen molar-refractivity contribution in [3.05, 3.63) is 0 Å². The van der Waals surface area contributed by atoms with Gasteiger partial charge in [0.05, 0.1) is 12.6 Å². The van der Waals surface area contributed by atoms with Crippen LogP contribution in [0.25, 0.3) is 0 Å². The molecule has 1 atom stereocenters. The van der Waals surface area contributed by atoms with Crippen LogP contribution in [0.4, 0.5) is 0 Å². The molecule has 0 fully saturated rings. The Balaban J connectivity index is 4.12. The van der Waals surface area contributed by atoms with Gasteiger partial charge in [0.15, 0.2) is 0 Å². The van der Waals surface area contributed by atoms with Gasteiger partial charge < -0.3 is 16.0 Å². The van der Waals surface area contributed by atoms with E-state index in [9.17, 15) is 9.59 Å². The SMILES string of the molecule is CN[C@@H](CCCCN)C(=O)N(C)CC(C)=O. The van der Waals surface area contributed by atoms with Crippen LogP contribution in [0.1, 0.15) is 26.2 Å². The van der Waals surface area contributed by atoms with E-state index in [4.69, 9.17) is 5.73 Å². The molecule has 3 N–H and O–H groups in total. The average molecular weight is 229 g/mol. The van der Waals surface area contributed by atoms with Crippen molar-refractivity contribution in [2.24, 2.45) is 5.73 Å². The maximum absolute atomic E-state index is 11.9. The molecule has 0 aliphatic rings. The number of nitrogens with zero attached hydrogens (tertiary/aromatic N) is 1. The number of unbranched alkanes of at least 4 members (excludes halogenated alkanes) is 1. The Kier molecular flexibility index (Phi) is 7.76. The van der Waals surface area contributed by atoms with E-state index in [1.807, 2.05) is 0 Å². The molecule has 5 heteroatoms. The first kappa shape index (κ1) is 15.1. The van der Waals surface area contributed by atoms with Gasteiger partial charge in [-0.15, -0.1) is 0 Å². The molecule has 16 heavy (non-hydrogen) atoms. The first-order valence-electron chi connectivity index (χ1n) is 5.64. The molecule has 94 valence electrons. The lowest BCUT2D eigenvalue weighted by atomic mass is 10.1. The maximum atomic E-state index is 11.9. The number of ketones is 1. The number of carbonyl (C=O) groups is 2. The second-order valence-electron chi connectivity index (χ2n) is 4.02. The van der Waals surface area contributed by atoms with E-state index in [2.05, 4.69) is 5.32 Å². The number of nitrogens with two attached hydrogens (primary N) is 1. The minimum Gasteiger partial charge on any atom is -0.337 e. The van der Waals surface area contributed by atoms with Crippen LogP contribution in [0.2, 0.25) is 0 Å². The van der Waals surface area contributed by atoms with Gasteiger partial charge in [-0.25, -0.2) is 0 Å². The third-order valence-corrected chi connectivity index (χ3v) is 2.43. The first-order chi connectivity index (χ1) is 7.52. The zero-order chi connectivity index (χ0) is 12.6. The number of carbonyl (C=O) groups excluding carboxylic acids is 2. The van der Waals surface area contributed by atoms with Crippen molar-refractivity contribution in [3.63, 3.8) is 0 Å². The van der Waals surface area contributed by atoms with Crippen molar-refractivity contribution in [1.82, 2.24) is 10.2 Å². The molecule has 0 bridgehead atoms. The van der Waals surface area contributed by atoms with Crippen molar-refractivity contribution >= 4 is 11.7 Å². The van der Waals surface area contributed by atoms with Crippen LogP contribution in [0, 0.1) is 0 Å². The number of nitrogens with one attached hydrogen (secondary N) is 1. The summed E-state index contributed by atoms with van der Waals surface area (Å²) in [4.78, 5) is 24.2. The summed E-state index contributed by atoms with van der Waals surface area (Å²) in [6, 6.07) is -0.212. The molecule has 0 aromatic rings. The summed E-state index contributed by atoms with van der Waals surface area (Å²) >= 11 is 0. The molecule has 0 radical (unpaired) electrons. The Hall–Kier alpha value is -0.940. The van der Waals surface area contributed by atoms with E-state index in [0.717, 1.165) is 19.3 Å². The lowest BCUT2D eigenvalue weighted by Crippen LogP contribution is -2.45. The lowest BCUT2D eigenvalue weighted by molar-refractivity contribution is -0.135. The fraction of sp³-hybridized carbons (Fsp3) is 0.818. The molecule has 1 amide bonds. The van der Waals surface area contributed by atoms with Crippen LogP contribution in [-0.2, 0) is 9.59 Å². The van der Waals surface area contributed by atoms with E-state index in [1.54, 1.807) is 14.1 Å². The van der Waals surface area contributed by atoms with Gasteiger partial charge in [-0.2, -0.15) is 0 Å². The quantitative estimate of drug-likeness (QED) is 0.563. The molecule has 0 rings (SSSR count). The zero-order valence-electron chi connectivity index (χ0n) is 10.5. The number of hydrogen-bond donors (Lipinski definition) is 2. The second kappa shape index (κ2) is 8.24. The third kappa shape index (κ3) is 5.82. The minimum atomic E-state index is -0.212. The molecular weight excluding hydrogens is 206 g/mol. The van der Waals surface area contributed by atoms with Crippen molar-refractivity contribution in [2.45, 2.75) is 32.2 Å². The van der Waals surface area contributed by atoms with Gasteiger partial charge in [0, 0.05) is 7.05 Å². The first-order valence-corrected chi connectivity index (χ1v) is 5.64. The third-order valence-electron chi connectivity index (χ3n) is 2.43. The van der Waals surface area contributed by atoms with Gasteiger partial charge in [0.25, 0.3) is 0 Å². The Bertz CT molecular complexity index is 231. The average Bonchev–Trinajstić information content (AvgIpc) is 2.22. The van der Waals surface area contributed by atoms with Crippen molar-refractivity contribution in [3.8, 4) is 0 Å². The summed E-state index contributed by atoms with van der Waals surface area (Å²) in [5, 5.41) is 2.97. The normalized spacial score (nSPS) is 12.2. The number of hydrogen-bond acceptors (Lipinski definition) is 4. The number of amides is 1. The van der Waals surface area contributed by atoms with Crippen LogP contribution in [0.3, 0.4) is 0 Å². The minimum absolute atomic E-state index is 0.00680. The molecule has 0 saturated carbocycles. The molecule has 0 spiro atoms. The summed E-state index contributed by atoms with van der Waals surface area (Å²) < 4.78 is 0. The standard InChI is InChI=1S/C11H23N3O2/c1-9(15)8-14(3)11(16)10(13-2)6-4-5-7-12/h10,13H,4-8,12H2,1-3H3/t10-/m0/s1. The van der Waals surface area contributed by atoms with Crippen LogP contribution in [0.5, 0.6) is 0 Å². The summed E-state index contributed by atoms with van der Waals surface area (Å²) in [6.07, 6.45) is 2.60. The smallest absolute Gasteiger partial charge is 0.239 e. The fourth-order valence-corrected chi connectivity index (χ4v) is 1.56. The van der Waals surface area contributed by atoms with E-state index in [1.165, 1.54) is 11.8 Å².